The van der Waals surface area contributed by atoms with Crippen molar-refractivity contribution in [3.05, 3.63) is 0 Å². The van der Waals surface area contributed by atoms with E-state index in [1.165, 1.54) is 0 Å². The second-order valence-corrected chi connectivity index (χ2v) is 5.13. The number of hydrogen-bond donors (Lipinski definition) is 1. The van der Waals surface area contributed by atoms with Crippen LogP contribution in [0, 0.1) is 0 Å². The minimum absolute atomic E-state index is 0.252. The Morgan fingerprint density at radius 2 is 1.75 bits per heavy atom. The third-order valence-electron chi connectivity index (χ3n) is 3.67. The van der Waals surface area contributed by atoms with Crippen molar-refractivity contribution < 1.29 is 0 Å². The van der Waals surface area contributed by atoms with Crippen molar-refractivity contribution >= 4 is 0 Å². The molecule has 0 bridgehead atoms. The summed E-state index contributed by atoms with van der Waals surface area (Å²) < 4.78 is 0. The molecule has 0 aliphatic carbocycles. The molecule has 1 atom stereocenters. The van der Waals surface area contributed by atoms with Crippen LogP contribution in [0.5, 0.6) is 0 Å². The highest BCUT2D eigenvalue weighted by Crippen LogP contribution is 2.29. The summed E-state index contributed by atoms with van der Waals surface area (Å²) in [5, 5.41) is 3.55. The van der Waals surface area contributed by atoms with Crippen molar-refractivity contribution in [3.63, 3.8) is 0 Å². The zero-order valence-corrected chi connectivity index (χ0v) is 9.23. The largest absolute Gasteiger partial charge is 0.311 e. The maximum Gasteiger partial charge on any atom is 0.0306 e. The van der Waals surface area contributed by atoms with Gasteiger partial charge in [0.2, 0.25) is 0 Å². The van der Waals surface area contributed by atoms with Gasteiger partial charge in [0.25, 0.3) is 0 Å². The summed E-state index contributed by atoms with van der Waals surface area (Å²) in [6.07, 6.45) is 0. The van der Waals surface area contributed by atoms with E-state index in [-0.39, 0.29) is 11.1 Å². The van der Waals surface area contributed by atoms with E-state index >= 15 is 0 Å². The average molecular weight is 170 g/mol. The highest BCUT2D eigenvalue weighted by Gasteiger charge is 2.42. The van der Waals surface area contributed by atoms with Crippen LogP contribution < -0.4 is 5.32 Å². The van der Waals surface area contributed by atoms with Crippen LogP contribution in [0.2, 0.25) is 0 Å². The molecule has 1 aliphatic rings. The summed E-state index contributed by atoms with van der Waals surface area (Å²) in [6.45, 7) is 12.5. The van der Waals surface area contributed by atoms with Crippen LogP contribution in [0.3, 0.4) is 0 Å². The molecule has 0 radical (unpaired) electrons. The van der Waals surface area contributed by atoms with E-state index < -0.39 is 0 Å². The first-order valence-electron chi connectivity index (χ1n) is 4.76. The number of hydrogen-bond acceptors (Lipinski definition) is 2. The standard InChI is InChI=1S/C10H22N2/c1-8-10(4,5)12(6)9(2,3)7-11-8/h8,11H,7H2,1-6H3. The predicted octanol–water partition coefficient (Wildman–Crippen LogP) is 1.47. The lowest BCUT2D eigenvalue weighted by atomic mass is 9.84. The Kier molecular flexibility index (Phi) is 2.26. The monoisotopic (exact) mass is 170 g/mol. The second kappa shape index (κ2) is 2.71. The van der Waals surface area contributed by atoms with E-state index in [1.54, 1.807) is 0 Å². The van der Waals surface area contributed by atoms with Crippen LogP contribution in [-0.4, -0.2) is 35.6 Å². The van der Waals surface area contributed by atoms with Crippen molar-refractivity contribution in [3.8, 4) is 0 Å². The lowest BCUT2D eigenvalue weighted by molar-refractivity contribution is -0.0149. The van der Waals surface area contributed by atoms with Gasteiger partial charge in [-0.25, -0.2) is 0 Å². The molecule has 2 nitrogen and oxygen atoms in total. The van der Waals surface area contributed by atoms with Crippen LogP contribution in [0.4, 0.5) is 0 Å². The van der Waals surface area contributed by atoms with Crippen LogP contribution in [0.25, 0.3) is 0 Å². The van der Waals surface area contributed by atoms with Crippen molar-refractivity contribution in [1.29, 1.82) is 0 Å². The number of nitrogens with one attached hydrogen (secondary N) is 1. The Labute approximate surface area is 76.3 Å². The van der Waals surface area contributed by atoms with Crippen LogP contribution in [0.15, 0.2) is 0 Å². The third kappa shape index (κ3) is 1.38. The summed E-state index contributed by atoms with van der Waals surface area (Å²) in [5.74, 6) is 0. The fourth-order valence-electron chi connectivity index (χ4n) is 1.84. The van der Waals surface area contributed by atoms with Gasteiger partial charge in [-0.3, -0.25) is 4.90 Å². The van der Waals surface area contributed by atoms with Crippen LogP contribution in [0.1, 0.15) is 34.6 Å². The molecule has 1 aliphatic heterocycles. The summed E-state index contributed by atoms with van der Waals surface area (Å²) in [5.41, 5.74) is 0.526. The molecule has 1 fully saturated rings. The SMILES string of the molecule is CC1NCC(C)(C)N(C)C1(C)C. The van der Waals surface area contributed by atoms with Gasteiger partial charge in [0.1, 0.15) is 0 Å². The maximum atomic E-state index is 3.55. The van der Waals surface area contributed by atoms with E-state index in [2.05, 4.69) is 51.9 Å². The van der Waals surface area contributed by atoms with E-state index in [1.807, 2.05) is 0 Å². The molecule has 12 heavy (non-hydrogen) atoms. The number of piperazine rings is 1. The summed E-state index contributed by atoms with van der Waals surface area (Å²) in [7, 11) is 2.22. The van der Waals surface area contributed by atoms with Crippen molar-refractivity contribution in [2.45, 2.75) is 51.7 Å². The van der Waals surface area contributed by atoms with Gasteiger partial charge in [0.15, 0.2) is 0 Å². The van der Waals surface area contributed by atoms with Crippen LogP contribution in [-0.2, 0) is 0 Å². The quantitative estimate of drug-likeness (QED) is 0.592. The number of nitrogens with zero attached hydrogens (tertiary/aromatic N) is 1. The predicted molar refractivity (Wildman–Crippen MR) is 53.4 cm³/mol. The molecule has 0 aromatic carbocycles. The van der Waals surface area contributed by atoms with E-state index in [9.17, 15) is 0 Å². The summed E-state index contributed by atoms with van der Waals surface area (Å²) in [4.78, 5) is 2.47. The molecule has 1 unspecified atom stereocenters. The highest BCUT2D eigenvalue weighted by atomic mass is 15.3. The zero-order valence-electron chi connectivity index (χ0n) is 9.23. The smallest absolute Gasteiger partial charge is 0.0306 e. The first-order valence-corrected chi connectivity index (χ1v) is 4.76. The molecule has 1 rings (SSSR count). The van der Waals surface area contributed by atoms with Crippen molar-refractivity contribution in [2.24, 2.45) is 0 Å². The van der Waals surface area contributed by atoms with E-state index in [4.69, 9.17) is 0 Å². The molecular weight excluding hydrogens is 148 g/mol. The van der Waals surface area contributed by atoms with Gasteiger partial charge < -0.3 is 5.32 Å². The summed E-state index contributed by atoms with van der Waals surface area (Å²) in [6, 6.07) is 0.565. The summed E-state index contributed by atoms with van der Waals surface area (Å²) >= 11 is 0. The average Bonchev–Trinajstić information content (AvgIpc) is 1.96. The Hall–Kier alpha value is -0.0800. The van der Waals surface area contributed by atoms with Crippen molar-refractivity contribution in [1.82, 2.24) is 10.2 Å². The number of likely N-dealkylation sites (N-methyl/N-ethyl adjacent to an activating group) is 1. The van der Waals surface area contributed by atoms with Gasteiger partial charge in [0.05, 0.1) is 0 Å². The fraction of sp³-hybridized carbons (Fsp3) is 1.00. The normalized spacial score (nSPS) is 35.0. The van der Waals surface area contributed by atoms with Gasteiger partial charge >= 0.3 is 0 Å². The van der Waals surface area contributed by atoms with Gasteiger partial charge in [-0.05, 0) is 41.7 Å². The van der Waals surface area contributed by atoms with Gasteiger partial charge in [0, 0.05) is 23.7 Å². The van der Waals surface area contributed by atoms with E-state index in [0.717, 1.165) is 6.54 Å². The topological polar surface area (TPSA) is 15.3 Å². The lowest BCUT2D eigenvalue weighted by Crippen LogP contribution is -2.69. The highest BCUT2D eigenvalue weighted by molar-refractivity contribution is 5.02. The fourth-order valence-corrected chi connectivity index (χ4v) is 1.84. The molecule has 0 spiro atoms. The molecular formula is C10H22N2. The molecule has 0 aromatic rings. The second-order valence-electron chi connectivity index (χ2n) is 5.13. The van der Waals surface area contributed by atoms with Crippen LogP contribution >= 0.6 is 0 Å². The molecule has 0 amide bonds. The minimum Gasteiger partial charge on any atom is -0.311 e. The Morgan fingerprint density at radius 1 is 1.25 bits per heavy atom. The molecule has 2 heteroatoms. The minimum atomic E-state index is 0.252. The molecule has 0 saturated carbocycles. The first kappa shape index (κ1) is 10.0. The molecule has 1 saturated heterocycles. The van der Waals surface area contributed by atoms with Gasteiger partial charge in [-0.15, -0.1) is 0 Å². The zero-order chi connectivity index (χ0) is 9.57. The molecule has 72 valence electrons. The van der Waals surface area contributed by atoms with Gasteiger partial charge in [-0.2, -0.15) is 0 Å². The maximum absolute atomic E-state index is 3.55. The Morgan fingerprint density at radius 3 is 2.17 bits per heavy atom. The third-order valence-corrected chi connectivity index (χ3v) is 3.67. The molecule has 1 N–H and O–H groups in total. The van der Waals surface area contributed by atoms with Crippen molar-refractivity contribution in [2.75, 3.05) is 13.6 Å². The first-order chi connectivity index (χ1) is 5.28. The molecule has 0 aromatic heterocycles. The molecule has 1 heterocycles. The number of rotatable bonds is 0. The van der Waals surface area contributed by atoms with E-state index in [0.29, 0.717) is 6.04 Å². The lowest BCUT2D eigenvalue weighted by Gasteiger charge is -2.54. The Balaban J connectivity index is 2.86. The van der Waals surface area contributed by atoms with Gasteiger partial charge in [-0.1, -0.05) is 0 Å². The Bertz CT molecular complexity index is 173.